The molecule has 180 valence electrons. The maximum atomic E-state index is 13.2. The number of hydrogen-bond donors (Lipinski definition) is 2. The zero-order chi connectivity index (χ0) is 24.7. The number of carboxylic acid groups (broad SMARTS) is 1. The van der Waals surface area contributed by atoms with Crippen LogP contribution in [0.1, 0.15) is 40.7 Å². The number of carbonyl (C=O) groups is 3. The predicted octanol–water partition coefficient (Wildman–Crippen LogP) is 3.72. The lowest BCUT2D eigenvalue weighted by Gasteiger charge is -2.23. The predicted molar refractivity (Wildman–Crippen MR) is 128 cm³/mol. The number of rotatable bonds is 5. The number of aromatic nitrogens is 2. The molecule has 2 unspecified atom stereocenters. The molecule has 0 spiro atoms. The van der Waals surface area contributed by atoms with Gasteiger partial charge in [0.2, 0.25) is 0 Å². The van der Waals surface area contributed by atoms with Crippen molar-refractivity contribution in [1.82, 2.24) is 14.7 Å². The Labute approximate surface area is 202 Å². The summed E-state index contributed by atoms with van der Waals surface area (Å²) >= 11 is 0. The van der Waals surface area contributed by atoms with Crippen LogP contribution in [-0.4, -0.2) is 57.0 Å². The van der Waals surface area contributed by atoms with Gasteiger partial charge in [-0.25, -0.2) is 4.79 Å². The van der Waals surface area contributed by atoms with Gasteiger partial charge in [0, 0.05) is 25.6 Å². The lowest BCUT2D eigenvalue weighted by molar-refractivity contribution is -0.142. The summed E-state index contributed by atoms with van der Waals surface area (Å²) in [4.78, 5) is 38.9. The number of carbonyl (C=O) groups excluding carboxylic acids is 2. The molecule has 1 aromatic heterocycles. The molecule has 3 aromatic rings. The number of amides is 2. The molecule has 9 heteroatoms. The van der Waals surface area contributed by atoms with E-state index in [0.29, 0.717) is 13.0 Å². The van der Waals surface area contributed by atoms with Crippen LogP contribution < -0.4 is 5.32 Å². The number of carboxylic acids is 1. The Hall–Kier alpha value is -4.14. The number of likely N-dealkylation sites (tertiary alicyclic amines) is 1. The molecular weight excluding hydrogens is 448 g/mol. The van der Waals surface area contributed by atoms with E-state index >= 15 is 0 Å². The Morgan fingerprint density at radius 1 is 1.09 bits per heavy atom. The average molecular weight is 475 g/mol. The second kappa shape index (κ2) is 8.90. The highest BCUT2D eigenvalue weighted by Crippen LogP contribution is 2.44. The number of ether oxygens (including phenoxy) is 1. The Morgan fingerprint density at radius 2 is 1.71 bits per heavy atom. The smallest absolute Gasteiger partial charge is 0.412 e. The van der Waals surface area contributed by atoms with Crippen molar-refractivity contribution in [2.24, 2.45) is 13.0 Å². The van der Waals surface area contributed by atoms with Crippen LogP contribution in [0.4, 0.5) is 10.6 Å². The normalized spacial score (nSPS) is 18.7. The summed E-state index contributed by atoms with van der Waals surface area (Å²) in [5.74, 6) is -1.79. The molecule has 2 atom stereocenters. The summed E-state index contributed by atoms with van der Waals surface area (Å²) in [5.41, 5.74) is 4.67. The standard InChI is InChI=1S/C26H26N4O5/c1-15-16(25(32)33)11-12-30(15)24(31)21-13-27-29(2)23(21)28-26(34)35-14-22-19-9-5-3-7-17(19)18-8-4-6-10-20(18)22/h3-10,13,15-16,22H,11-12,14H2,1-2H3,(H,28,34)(H,32,33). The molecule has 0 saturated carbocycles. The van der Waals surface area contributed by atoms with Crippen LogP contribution in [0.25, 0.3) is 11.1 Å². The first-order valence-corrected chi connectivity index (χ1v) is 11.5. The minimum absolute atomic E-state index is 0.0841. The molecule has 1 aliphatic carbocycles. The number of aryl methyl sites for hydroxylation is 1. The molecule has 2 N–H and O–H groups in total. The Balaban J connectivity index is 1.29. The van der Waals surface area contributed by atoms with Gasteiger partial charge in [0.1, 0.15) is 18.0 Å². The lowest BCUT2D eigenvalue weighted by atomic mass is 9.98. The van der Waals surface area contributed by atoms with Crippen LogP contribution in [0, 0.1) is 5.92 Å². The van der Waals surface area contributed by atoms with Crippen molar-refractivity contribution < 1.29 is 24.2 Å². The van der Waals surface area contributed by atoms with Crippen molar-refractivity contribution in [2.75, 3.05) is 18.5 Å². The average Bonchev–Trinajstić information content (AvgIpc) is 3.51. The molecule has 1 saturated heterocycles. The van der Waals surface area contributed by atoms with Crippen LogP contribution in [0.15, 0.2) is 54.7 Å². The van der Waals surface area contributed by atoms with Gasteiger partial charge in [-0.05, 0) is 35.6 Å². The van der Waals surface area contributed by atoms with E-state index in [1.54, 1.807) is 14.0 Å². The zero-order valence-electron chi connectivity index (χ0n) is 19.5. The largest absolute Gasteiger partial charge is 0.481 e. The first kappa shape index (κ1) is 22.6. The van der Waals surface area contributed by atoms with Crippen LogP contribution in [-0.2, 0) is 16.6 Å². The topological polar surface area (TPSA) is 114 Å². The van der Waals surface area contributed by atoms with E-state index in [2.05, 4.69) is 22.5 Å². The van der Waals surface area contributed by atoms with Gasteiger partial charge < -0.3 is 14.7 Å². The van der Waals surface area contributed by atoms with E-state index in [9.17, 15) is 19.5 Å². The summed E-state index contributed by atoms with van der Waals surface area (Å²) in [5, 5.41) is 16.2. The number of nitrogens with one attached hydrogen (secondary N) is 1. The molecule has 5 rings (SSSR count). The number of anilines is 1. The summed E-state index contributed by atoms with van der Waals surface area (Å²) in [6, 6.07) is 15.7. The van der Waals surface area contributed by atoms with E-state index in [0.717, 1.165) is 22.3 Å². The molecule has 1 fully saturated rings. The van der Waals surface area contributed by atoms with Crippen LogP contribution >= 0.6 is 0 Å². The minimum atomic E-state index is -0.920. The second-order valence-electron chi connectivity index (χ2n) is 8.95. The van der Waals surface area contributed by atoms with E-state index in [4.69, 9.17) is 4.74 Å². The first-order valence-electron chi connectivity index (χ1n) is 11.5. The minimum Gasteiger partial charge on any atom is -0.481 e. The molecular formula is C26H26N4O5. The van der Waals surface area contributed by atoms with E-state index in [1.165, 1.54) is 15.8 Å². The van der Waals surface area contributed by atoms with E-state index in [1.807, 2.05) is 36.4 Å². The Kier molecular flexibility index (Phi) is 5.76. The molecule has 2 amide bonds. The van der Waals surface area contributed by atoms with Crippen molar-refractivity contribution in [2.45, 2.75) is 25.3 Å². The third kappa shape index (κ3) is 3.92. The Morgan fingerprint density at radius 3 is 2.31 bits per heavy atom. The van der Waals surface area contributed by atoms with Crippen molar-refractivity contribution >= 4 is 23.8 Å². The monoisotopic (exact) mass is 474 g/mol. The molecule has 0 radical (unpaired) electrons. The number of hydrogen-bond acceptors (Lipinski definition) is 5. The number of nitrogens with zero attached hydrogens (tertiary/aromatic N) is 3. The summed E-state index contributed by atoms with van der Waals surface area (Å²) in [6.07, 6.45) is 1.07. The first-order chi connectivity index (χ1) is 16.9. The molecule has 2 aromatic carbocycles. The number of aliphatic carboxylic acids is 1. The highest BCUT2D eigenvalue weighted by atomic mass is 16.5. The number of fused-ring (bicyclic) bond motifs is 3. The summed E-state index contributed by atoms with van der Waals surface area (Å²) in [7, 11) is 1.61. The van der Waals surface area contributed by atoms with Gasteiger partial charge in [-0.3, -0.25) is 19.6 Å². The molecule has 2 aliphatic rings. The van der Waals surface area contributed by atoms with Crippen LogP contribution in [0.5, 0.6) is 0 Å². The fraction of sp³-hybridized carbons (Fsp3) is 0.308. The van der Waals surface area contributed by atoms with Gasteiger partial charge >= 0.3 is 12.1 Å². The lowest BCUT2D eigenvalue weighted by Crippen LogP contribution is -2.38. The fourth-order valence-electron chi connectivity index (χ4n) is 5.18. The SMILES string of the molecule is CC1C(C(=O)O)CCN1C(=O)c1cnn(C)c1NC(=O)OCC1c2ccccc2-c2ccccc21. The quantitative estimate of drug-likeness (QED) is 0.583. The van der Waals surface area contributed by atoms with Gasteiger partial charge in [0.25, 0.3) is 5.91 Å². The van der Waals surface area contributed by atoms with Gasteiger partial charge in [-0.15, -0.1) is 0 Å². The highest BCUT2D eigenvalue weighted by molar-refractivity contribution is 6.02. The number of benzene rings is 2. The third-order valence-corrected chi connectivity index (χ3v) is 7.07. The van der Waals surface area contributed by atoms with Crippen molar-refractivity contribution in [1.29, 1.82) is 0 Å². The van der Waals surface area contributed by atoms with E-state index < -0.39 is 24.0 Å². The van der Waals surface area contributed by atoms with Gasteiger partial charge in [-0.1, -0.05) is 48.5 Å². The van der Waals surface area contributed by atoms with Gasteiger partial charge in [0.05, 0.1) is 12.1 Å². The van der Waals surface area contributed by atoms with Crippen molar-refractivity contribution in [3.8, 4) is 11.1 Å². The Bertz CT molecular complexity index is 1270. The maximum Gasteiger partial charge on any atom is 0.412 e. The van der Waals surface area contributed by atoms with Crippen LogP contribution in [0.2, 0.25) is 0 Å². The molecule has 2 heterocycles. The van der Waals surface area contributed by atoms with Crippen molar-refractivity contribution in [3.05, 3.63) is 71.4 Å². The highest BCUT2D eigenvalue weighted by Gasteiger charge is 2.39. The van der Waals surface area contributed by atoms with Crippen molar-refractivity contribution in [3.63, 3.8) is 0 Å². The molecule has 9 nitrogen and oxygen atoms in total. The fourth-order valence-corrected chi connectivity index (χ4v) is 5.18. The third-order valence-electron chi connectivity index (χ3n) is 7.07. The van der Waals surface area contributed by atoms with Gasteiger partial charge in [0.15, 0.2) is 0 Å². The zero-order valence-corrected chi connectivity index (χ0v) is 19.5. The molecule has 0 bridgehead atoms. The second-order valence-corrected chi connectivity index (χ2v) is 8.95. The van der Waals surface area contributed by atoms with Gasteiger partial charge in [-0.2, -0.15) is 5.10 Å². The summed E-state index contributed by atoms with van der Waals surface area (Å²) in [6.45, 7) is 2.19. The molecule has 1 aliphatic heterocycles. The van der Waals surface area contributed by atoms with E-state index in [-0.39, 0.29) is 29.8 Å². The summed E-state index contributed by atoms with van der Waals surface area (Å²) < 4.78 is 7.00. The molecule has 35 heavy (non-hydrogen) atoms. The maximum absolute atomic E-state index is 13.2. The van der Waals surface area contributed by atoms with Crippen LogP contribution in [0.3, 0.4) is 0 Å².